The van der Waals surface area contributed by atoms with Crippen LogP contribution >= 0.6 is 11.8 Å². The van der Waals surface area contributed by atoms with Crippen LogP contribution in [-0.2, 0) is 0 Å². The average molecular weight is 200 g/mol. The topological polar surface area (TPSA) is 6.48 Å². The minimum atomic E-state index is 0.884. The molecule has 2 aliphatic rings. The predicted molar refractivity (Wildman–Crippen MR) is 59.2 cm³/mol. The first-order chi connectivity index (χ1) is 6.40. The smallest absolute Gasteiger partial charge is 0.0442 e. The van der Waals surface area contributed by atoms with Gasteiger partial charge in [-0.15, -0.1) is 11.8 Å². The second kappa shape index (κ2) is 4.67. The molecule has 0 bridgehead atoms. The van der Waals surface area contributed by atoms with Gasteiger partial charge in [-0.2, -0.15) is 0 Å². The lowest BCUT2D eigenvalue weighted by molar-refractivity contribution is 0.0593. The van der Waals surface area contributed by atoms with Crippen LogP contribution < -0.4 is 0 Å². The molecule has 0 aromatic rings. The number of nitrogens with zero attached hydrogens (tertiary/aromatic N) is 2. The second-order valence-electron chi connectivity index (χ2n) is 4.18. The molecule has 2 saturated heterocycles. The Hall–Kier alpha value is 0.270. The van der Waals surface area contributed by atoms with Gasteiger partial charge in [0, 0.05) is 31.6 Å². The zero-order valence-corrected chi connectivity index (χ0v) is 9.35. The minimum absolute atomic E-state index is 0.884. The van der Waals surface area contributed by atoms with E-state index in [1.165, 1.54) is 51.3 Å². The molecular formula is C10H20N2S. The molecule has 2 aliphatic heterocycles. The Morgan fingerprint density at radius 2 is 2.15 bits per heavy atom. The highest BCUT2D eigenvalue weighted by molar-refractivity contribution is 7.98. The summed E-state index contributed by atoms with van der Waals surface area (Å²) in [5.74, 6) is 1.23. The first-order valence-corrected chi connectivity index (χ1v) is 6.75. The summed E-state index contributed by atoms with van der Waals surface area (Å²) in [5, 5.41) is 0. The molecule has 0 aromatic heterocycles. The van der Waals surface area contributed by atoms with E-state index in [1.54, 1.807) is 0 Å². The van der Waals surface area contributed by atoms with Gasteiger partial charge in [0.15, 0.2) is 0 Å². The molecule has 0 spiro atoms. The largest absolute Gasteiger partial charge is 0.298 e. The van der Waals surface area contributed by atoms with Crippen LogP contribution in [0, 0.1) is 0 Å². The van der Waals surface area contributed by atoms with Crippen molar-refractivity contribution in [2.45, 2.75) is 25.3 Å². The summed E-state index contributed by atoms with van der Waals surface area (Å²) in [6.45, 7) is 5.28. The Bertz CT molecular complexity index is 163. The Kier molecular flexibility index (Phi) is 3.52. The lowest BCUT2D eigenvalue weighted by atomic mass is 10.00. The fourth-order valence-electron chi connectivity index (χ4n) is 2.52. The van der Waals surface area contributed by atoms with Crippen molar-refractivity contribution in [3.63, 3.8) is 0 Å². The molecule has 0 aliphatic carbocycles. The highest BCUT2D eigenvalue weighted by Gasteiger charge is 2.28. The van der Waals surface area contributed by atoms with E-state index >= 15 is 0 Å². The van der Waals surface area contributed by atoms with E-state index in [9.17, 15) is 0 Å². The number of piperazine rings is 1. The monoisotopic (exact) mass is 200 g/mol. The SMILES string of the molecule is CSCN1CCN2CCCCC2C1. The van der Waals surface area contributed by atoms with E-state index in [0.717, 1.165) is 6.04 Å². The van der Waals surface area contributed by atoms with E-state index < -0.39 is 0 Å². The van der Waals surface area contributed by atoms with E-state index in [2.05, 4.69) is 16.1 Å². The lowest BCUT2D eigenvalue weighted by Crippen LogP contribution is -2.54. The summed E-state index contributed by atoms with van der Waals surface area (Å²) < 4.78 is 0. The predicted octanol–water partition coefficient (Wildman–Crippen LogP) is 1.48. The molecule has 0 N–H and O–H groups in total. The molecule has 1 unspecified atom stereocenters. The highest BCUT2D eigenvalue weighted by Crippen LogP contribution is 2.21. The van der Waals surface area contributed by atoms with Crippen molar-refractivity contribution in [3.05, 3.63) is 0 Å². The van der Waals surface area contributed by atoms with Gasteiger partial charge in [-0.3, -0.25) is 9.80 Å². The molecule has 0 saturated carbocycles. The Balaban J connectivity index is 1.84. The van der Waals surface area contributed by atoms with Crippen molar-refractivity contribution in [2.24, 2.45) is 0 Å². The summed E-state index contributed by atoms with van der Waals surface area (Å²) in [7, 11) is 0. The van der Waals surface area contributed by atoms with Crippen LogP contribution in [0.15, 0.2) is 0 Å². The maximum absolute atomic E-state index is 2.69. The number of fused-ring (bicyclic) bond motifs is 1. The molecule has 0 radical (unpaired) electrons. The van der Waals surface area contributed by atoms with Gasteiger partial charge in [0.1, 0.15) is 0 Å². The van der Waals surface area contributed by atoms with E-state index in [1.807, 2.05) is 11.8 Å². The summed E-state index contributed by atoms with van der Waals surface area (Å²) >= 11 is 1.95. The Morgan fingerprint density at radius 1 is 1.23 bits per heavy atom. The van der Waals surface area contributed by atoms with Crippen molar-refractivity contribution in [1.82, 2.24) is 9.80 Å². The number of rotatable bonds is 2. The maximum atomic E-state index is 2.69. The van der Waals surface area contributed by atoms with Crippen LogP contribution in [0.2, 0.25) is 0 Å². The van der Waals surface area contributed by atoms with Crippen LogP contribution in [0.25, 0.3) is 0 Å². The van der Waals surface area contributed by atoms with Crippen LogP contribution in [0.1, 0.15) is 19.3 Å². The number of piperidine rings is 1. The van der Waals surface area contributed by atoms with Crippen molar-refractivity contribution >= 4 is 11.8 Å². The van der Waals surface area contributed by atoms with Crippen LogP contribution in [0.5, 0.6) is 0 Å². The fourth-order valence-corrected chi connectivity index (χ4v) is 3.12. The Morgan fingerprint density at radius 3 is 3.00 bits per heavy atom. The summed E-state index contributed by atoms with van der Waals surface area (Å²) in [5.41, 5.74) is 0. The summed E-state index contributed by atoms with van der Waals surface area (Å²) in [6.07, 6.45) is 6.52. The third kappa shape index (κ3) is 2.39. The van der Waals surface area contributed by atoms with Gasteiger partial charge in [-0.1, -0.05) is 6.42 Å². The van der Waals surface area contributed by atoms with Crippen molar-refractivity contribution < 1.29 is 0 Å². The van der Waals surface area contributed by atoms with Crippen molar-refractivity contribution in [3.8, 4) is 0 Å². The summed E-state index contributed by atoms with van der Waals surface area (Å²) in [6, 6.07) is 0.884. The van der Waals surface area contributed by atoms with Crippen LogP contribution in [-0.4, -0.2) is 54.2 Å². The zero-order chi connectivity index (χ0) is 9.10. The number of thioether (sulfide) groups is 1. The van der Waals surface area contributed by atoms with Crippen LogP contribution in [0.4, 0.5) is 0 Å². The molecule has 13 heavy (non-hydrogen) atoms. The highest BCUT2D eigenvalue weighted by atomic mass is 32.2. The third-order valence-corrected chi connectivity index (χ3v) is 3.86. The molecule has 1 atom stereocenters. The fraction of sp³-hybridized carbons (Fsp3) is 1.00. The molecule has 2 heterocycles. The van der Waals surface area contributed by atoms with Gasteiger partial charge in [-0.05, 0) is 25.6 Å². The average Bonchev–Trinajstić information content (AvgIpc) is 2.18. The minimum Gasteiger partial charge on any atom is -0.298 e. The first kappa shape index (κ1) is 9.81. The van der Waals surface area contributed by atoms with Gasteiger partial charge < -0.3 is 0 Å². The molecular weight excluding hydrogens is 180 g/mol. The summed E-state index contributed by atoms with van der Waals surface area (Å²) in [4.78, 5) is 5.30. The normalized spacial score (nSPS) is 31.6. The molecule has 3 heteroatoms. The molecule has 76 valence electrons. The van der Waals surface area contributed by atoms with Crippen LogP contribution in [0.3, 0.4) is 0 Å². The third-order valence-electron chi connectivity index (χ3n) is 3.23. The van der Waals surface area contributed by atoms with E-state index in [-0.39, 0.29) is 0 Å². The van der Waals surface area contributed by atoms with Gasteiger partial charge in [0.05, 0.1) is 0 Å². The first-order valence-electron chi connectivity index (χ1n) is 5.35. The number of hydrogen-bond acceptors (Lipinski definition) is 3. The standard InChI is InChI=1S/C10H20N2S/c1-13-9-11-6-7-12-5-3-2-4-10(12)8-11/h10H,2-9H2,1H3. The van der Waals surface area contributed by atoms with Gasteiger partial charge in [0.25, 0.3) is 0 Å². The van der Waals surface area contributed by atoms with Crippen molar-refractivity contribution in [2.75, 3.05) is 38.3 Å². The van der Waals surface area contributed by atoms with E-state index in [4.69, 9.17) is 0 Å². The molecule has 2 rings (SSSR count). The molecule has 2 nitrogen and oxygen atoms in total. The maximum Gasteiger partial charge on any atom is 0.0442 e. The molecule has 0 aromatic carbocycles. The molecule has 2 fully saturated rings. The van der Waals surface area contributed by atoms with Crippen molar-refractivity contribution in [1.29, 1.82) is 0 Å². The second-order valence-corrected chi connectivity index (χ2v) is 5.02. The quantitative estimate of drug-likeness (QED) is 0.666. The van der Waals surface area contributed by atoms with Gasteiger partial charge in [0.2, 0.25) is 0 Å². The van der Waals surface area contributed by atoms with E-state index in [0.29, 0.717) is 0 Å². The number of hydrogen-bond donors (Lipinski definition) is 0. The van der Waals surface area contributed by atoms with Gasteiger partial charge in [-0.25, -0.2) is 0 Å². The lowest BCUT2D eigenvalue weighted by Gasteiger charge is -2.43. The Labute approximate surface area is 85.7 Å². The van der Waals surface area contributed by atoms with Gasteiger partial charge >= 0.3 is 0 Å². The zero-order valence-electron chi connectivity index (χ0n) is 8.54. The molecule has 0 amide bonds.